The molecule has 37 heavy (non-hydrogen) atoms. The van der Waals surface area contributed by atoms with Gasteiger partial charge in [-0.3, -0.25) is 10.1 Å². The molecule has 0 saturated carbocycles. The third kappa shape index (κ3) is 7.22. The van der Waals surface area contributed by atoms with E-state index in [4.69, 9.17) is 9.47 Å². The summed E-state index contributed by atoms with van der Waals surface area (Å²) in [6, 6.07) is 13.2. The number of anilines is 1. The summed E-state index contributed by atoms with van der Waals surface area (Å²) < 4.78 is 35.2. The topological polar surface area (TPSA) is 148 Å². The molecule has 192 valence electrons. The fourth-order valence-electron chi connectivity index (χ4n) is 3.08. The zero-order valence-corrected chi connectivity index (χ0v) is 22.1. The molecule has 0 aliphatic heterocycles. The first-order valence-electron chi connectivity index (χ1n) is 11.0. The van der Waals surface area contributed by atoms with Crippen molar-refractivity contribution in [1.82, 2.24) is 10.2 Å². The molecule has 0 saturated heterocycles. The number of rotatable bonds is 9. The molecule has 0 bridgehead atoms. The summed E-state index contributed by atoms with van der Waals surface area (Å²) in [5.41, 5.74) is 1.53. The number of esters is 1. The Morgan fingerprint density at radius 2 is 1.84 bits per heavy atom. The zero-order chi connectivity index (χ0) is 27.2. The predicted octanol–water partition coefficient (Wildman–Crippen LogP) is 4.05. The molecule has 10 nitrogen and oxygen atoms in total. The van der Waals surface area contributed by atoms with E-state index in [1.165, 1.54) is 25.3 Å². The van der Waals surface area contributed by atoms with Crippen molar-refractivity contribution in [2.24, 2.45) is 5.92 Å². The van der Waals surface area contributed by atoms with Gasteiger partial charge in [0.15, 0.2) is 11.5 Å². The molecule has 2 aromatic carbocycles. The third-order valence-corrected chi connectivity index (χ3v) is 8.16. The minimum absolute atomic E-state index is 0.0515. The second kappa shape index (κ2) is 11.8. The van der Waals surface area contributed by atoms with Crippen LogP contribution in [0.4, 0.5) is 5.13 Å². The first kappa shape index (κ1) is 27.5. The monoisotopic (exact) mass is 540 g/mol. The number of carbonyl (C=O) groups is 2. The Morgan fingerprint density at radius 1 is 1.14 bits per heavy atom. The van der Waals surface area contributed by atoms with Crippen LogP contribution in [0.25, 0.3) is 6.08 Å². The molecule has 1 amide bonds. The highest BCUT2D eigenvalue weighted by molar-refractivity contribution is 7.93. The highest BCUT2D eigenvalue weighted by Gasteiger charge is 2.23. The Kier molecular flexibility index (Phi) is 8.75. The molecule has 12 heteroatoms. The van der Waals surface area contributed by atoms with Crippen LogP contribution < -0.4 is 14.8 Å². The van der Waals surface area contributed by atoms with Crippen LogP contribution in [0.2, 0.25) is 0 Å². The Hall–Kier alpha value is -4.08. The van der Waals surface area contributed by atoms with Crippen molar-refractivity contribution >= 4 is 44.3 Å². The number of nitrogens with one attached hydrogen (secondary N) is 1. The summed E-state index contributed by atoms with van der Waals surface area (Å²) in [4.78, 5) is 25.1. The normalized spacial score (nSPS) is 11.6. The van der Waals surface area contributed by atoms with E-state index in [1.807, 2.05) is 6.92 Å². The molecule has 0 radical (unpaired) electrons. The Bertz CT molecular complexity index is 1490. The standard InChI is InChI=1S/C25H24N4O6S2/c1-15(2)14-37(32,33)25-29-28-24(36-25)27-22(30)19(13-26)11-17-7-10-20(21(12-17)34-4)35-23(31)18-8-5-16(3)6-9-18/h5-12,15H,14H2,1-4H3,(H,27,28,30)/b19-11-. The summed E-state index contributed by atoms with van der Waals surface area (Å²) in [5, 5.41) is 19.2. The molecule has 0 fully saturated rings. The van der Waals surface area contributed by atoms with Gasteiger partial charge >= 0.3 is 5.97 Å². The Labute approximate surface area is 218 Å². The van der Waals surface area contributed by atoms with Gasteiger partial charge in [-0.25, -0.2) is 13.2 Å². The van der Waals surface area contributed by atoms with E-state index in [9.17, 15) is 23.3 Å². The number of sulfone groups is 1. The summed E-state index contributed by atoms with van der Waals surface area (Å²) in [5.74, 6) is -1.18. The third-order valence-electron chi connectivity index (χ3n) is 4.80. The number of hydrogen-bond acceptors (Lipinski definition) is 10. The van der Waals surface area contributed by atoms with Gasteiger partial charge in [0, 0.05) is 0 Å². The summed E-state index contributed by atoms with van der Waals surface area (Å²) in [6.45, 7) is 5.44. The van der Waals surface area contributed by atoms with Gasteiger partial charge in [0.25, 0.3) is 5.91 Å². The number of aryl methyl sites for hydroxylation is 1. The molecule has 1 N–H and O–H groups in total. The van der Waals surface area contributed by atoms with Crippen molar-refractivity contribution in [3.63, 3.8) is 0 Å². The lowest BCUT2D eigenvalue weighted by molar-refractivity contribution is -0.112. The van der Waals surface area contributed by atoms with Gasteiger partial charge in [0.1, 0.15) is 11.6 Å². The number of hydrogen-bond donors (Lipinski definition) is 1. The molecule has 0 aliphatic rings. The van der Waals surface area contributed by atoms with E-state index in [0.717, 1.165) is 5.56 Å². The van der Waals surface area contributed by atoms with Gasteiger partial charge in [-0.15, -0.1) is 10.2 Å². The first-order valence-corrected chi connectivity index (χ1v) is 13.5. The number of carbonyl (C=O) groups excluding carboxylic acids is 2. The number of amides is 1. The predicted molar refractivity (Wildman–Crippen MR) is 138 cm³/mol. The van der Waals surface area contributed by atoms with Gasteiger partial charge in [0.2, 0.25) is 19.3 Å². The van der Waals surface area contributed by atoms with Gasteiger partial charge in [-0.1, -0.05) is 48.9 Å². The molecular weight excluding hydrogens is 516 g/mol. The largest absolute Gasteiger partial charge is 0.493 e. The van der Waals surface area contributed by atoms with Crippen LogP contribution in [0.3, 0.4) is 0 Å². The Morgan fingerprint density at radius 3 is 2.46 bits per heavy atom. The maximum absolute atomic E-state index is 12.6. The maximum Gasteiger partial charge on any atom is 0.343 e. The summed E-state index contributed by atoms with van der Waals surface area (Å²) >= 11 is 0.710. The van der Waals surface area contributed by atoms with Crippen LogP contribution in [0.15, 0.2) is 52.4 Å². The van der Waals surface area contributed by atoms with Crippen LogP contribution in [0.5, 0.6) is 11.5 Å². The average molecular weight is 541 g/mol. The van der Waals surface area contributed by atoms with Gasteiger partial charge in [0.05, 0.1) is 18.4 Å². The van der Waals surface area contributed by atoms with Crippen LogP contribution in [0, 0.1) is 24.2 Å². The van der Waals surface area contributed by atoms with Gasteiger partial charge in [-0.05, 0) is 48.7 Å². The number of benzene rings is 2. The second-order valence-electron chi connectivity index (χ2n) is 8.34. The molecule has 1 heterocycles. The summed E-state index contributed by atoms with van der Waals surface area (Å²) in [6.07, 6.45) is 1.31. The maximum atomic E-state index is 12.6. The van der Waals surface area contributed by atoms with Crippen molar-refractivity contribution in [2.75, 3.05) is 18.2 Å². The molecule has 1 aromatic heterocycles. The fraction of sp³-hybridized carbons (Fsp3) is 0.240. The van der Waals surface area contributed by atoms with E-state index >= 15 is 0 Å². The number of aromatic nitrogens is 2. The van der Waals surface area contributed by atoms with E-state index in [2.05, 4.69) is 15.5 Å². The zero-order valence-electron chi connectivity index (χ0n) is 20.5. The van der Waals surface area contributed by atoms with Crippen molar-refractivity contribution < 1.29 is 27.5 Å². The number of nitriles is 1. The second-order valence-corrected chi connectivity index (χ2v) is 11.5. The number of methoxy groups -OCH3 is 1. The van der Waals surface area contributed by atoms with Gasteiger partial charge < -0.3 is 9.47 Å². The fourth-order valence-corrected chi connectivity index (χ4v) is 5.69. The number of ether oxygens (including phenoxy) is 2. The average Bonchev–Trinajstić information content (AvgIpc) is 3.32. The van der Waals surface area contributed by atoms with Crippen LogP contribution in [-0.2, 0) is 14.6 Å². The SMILES string of the molecule is COc1cc(/C=C(/C#N)C(=O)Nc2nnc(S(=O)(=O)CC(C)C)s2)ccc1OC(=O)c1ccc(C)cc1. The summed E-state index contributed by atoms with van der Waals surface area (Å²) in [7, 11) is -2.23. The highest BCUT2D eigenvalue weighted by atomic mass is 32.2. The van der Waals surface area contributed by atoms with Gasteiger partial charge in [-0.2, -0.15) is 5.26 Å². The molecule has 3 aromatic rings. The molecule has 0 spiro atoms. The molecular formula is C25H24N4O6S2. The molecule has 0 aliphatic carbocycles. The van der Waals surface area contributed by atoms with E-state index < -0.39 is 21.7 Å². The van der Waals surface area contributed by atoms with E-state index in [1.54, 1.807) is 50.2 Å². The van der Waals surface area contributed by atoms with Crippen molar-refractivity contribution in [3.8, 4) is 17.6 Å². The van der Waals surface area contributed by atoms with Crippen molar-refractivity contribution in [2.45, 2.75) is 25.1 Å². The molecule has 0 atom stereocenters. The van der Waals surface area contributed by atoms with E-state index in [-0.39, 0.29) is 38.2 Å². The molecule has 3 rings (SSSR count). The van der Waals surface area contributed by atoms with Crippen LogP contribution in [-0.4, -0.2) is 43.4 Å². The lowest BCUT2D eigenvalue weighted by Gasteiger charge is -2.10. The number of nitrogens with zero attached hydrogens (tertiary/aromatic N) is 3. The van der Waals surface area contributed by atoms with Crippen molar-refractivity contribution in [3.05, 3.63) is 64.7 Å². The molecule has 0 unspecified atom stereocenters. The smallest absolute Gasteiger partial charge is 0.343 e. The van der Waals surface area contributed by atoms with Crippen LogP contribution in [0.1, 0.15) is 35.3 Å². The highest BCUT2D eigenvalue weighted by Crippen LogP contribution is 2.30. The lowest BCUT2D eigenvalue weighted by atomic mass is 10.1. The Balaban J connectivity index is 1.76. The minimum Gasteiger partial charge on any atom is -0.493 e. The van der Waals surface area contributed by atoms with E-state index in [0.29, 0.717) is 22.5 Å². The quantitative estimate of drug-likeness (QED) is 0.139. The lowest BCUT2D eigenvalue weighted by Crippen LogP contribution is -2.13. The van der Waals surface area contributed by atoms with Crippen LogP contribution >= 0.6 is 11.3 Å². The minimum atomic E-state index is -3.62. The first-order chi connectivity index (χ1) is 17.5. The van der Waals surface area contributed by atoms with Crippen molar-refractivity contribution in [1.29, 1.82) is 5.26 Å².